The predicted molar refractivity (Wildman–Crippen MR) is 72.6 cm³/mol. The van der Waals surface area contributed by atoms with Gasteiger partial charge < -0.3 is 15.6 Å². The quantitative estimate of drug-likeness (QED) is 0.909. The molecule has 0 saturated carbocycles. The van der Waals surface area contributed by atoms with Gasteiger partial charge in [-0.25, -0.2) is 14.2 Å². The third kappa shape index (κ3) is 2.50. The van der Waals surface area contributed by atoms with Crippen LogP contribution in [0.15, 0.2) is 24.3 Å². The van der Waals surface area contributed by atoms with Gasteiger partial charge in [0.15, 0.2) is 11.6 Å². The molecule has 0 amide bonds. The van der Waals surface area contributed by atoms with Crippen molar-refractivity contribution < 1.29 is 19.0 Å². The van der Waals surface area contributed by atoms with Crippen molar-refractivity contribution in [2.75, 3.05) is 12.8 Å². The molecule has 1 aromatic carbocycles. The molecule has 3 N–H and O–H groups in total. The van der Waals surface area contributed by atoms with E-state index in [-0.39, 0.29) is 33.4 Å². The molecule has 0 unspecified atom stereocenters. The molecule has 0 saturated heterocycles. The van der Waals surface area contributed by atoms with Crippen molar-refractivity contribution in [1.29, 1.82) is 0 Å². The lowest BCUT2D eigenvalue weighted by molar-refractivity contribution is 0.0697. The second-order valence-corrected chi connectivity index (χ2v) is 4.32. The predicted octanol–water partition coefficient (Wildman–Crippen LogP) is 2.83. The molecule has 0 aliphatic carbocycles. The summed E-state index contributed by atoms with van der Waals surface area (Å²) in [5, 5.41) is 9.08. The van der Waals surface area contributed by atoms with Crippen LogP contribution in [0.3, 0.4) is 0 Å². The van der Waals surface area contributed by atoms with E-state index >= 15 is 0 Å². The molecule has 0 aliphatic heterocycles. The highest BCUT2D eigenvalue weighted by molar-refractivity contribution is 6.32. The summed E-state index contributed by atoms with van der Waals surface area (Å²) in [7, 11) is 1.28. The highest BCUT2D eigenvalue weighted by Gasteiger charge is 2.17. The van der Waals surface area contributed by atoms with E-state index < -0.39 is 11.8 Å². The average molecular weight is 297 g/mol. The standard InChI is InChI=1S/C13H10ClFN2O3/c1-20-12-8(14)3-2-7(11(12)15)9-4-6(13(18)19)5-10(16)17-9/h2-5H,1H3,(H2,16,17)(H,18,19). The number of nitrogens with zero attached hydrogens (tertiary/aromatic N) is 1. The summed E-state index contributed by atoms with van der Waals surface area (Å²) in [5.41, 5.74) is 5.60. The first-order valence-corrected chi connectivity index (χ1v) is 5.85. The van der Waals surface area contributed by atoms with Crippen molar-refractivity contribution in [3.63, 3.8) is 0 Å². The van der Waals surface area contributed by atoms with E-state index in [1.165, 1.54) is 31.4 Å². The molecule has 0 fully saturated rings. The Balaban J connectivity index is 2.66. The first-order chi connectivity index (χ1) is 9.43. The molecule has 7 heteroatoms. The van der Waals surface area contributed by atoms with Gasteiger partial charge in [0.05, 0.1) is 23.4 Å². The van der Waals surface area contributed by atoms with Crippen molar-refractivity contribution in [3.05, 3.63) is 40.7 Å². The molecule has 1 heterocycles. The minimum absolute atomic E-state index is 0.0202. The van der Waals surface area contributed by atoms with Crippen molar-refractivity contribution in [2.45, 2.75) is 0 Å². The number of halogens is 2. The van der Waals surface area contributed by atoms with Gasteiger partial charge in [-0.15, -0.1) is 0 Å². The molecule has 104 valence electrons. The SMILES string of the molecule is COc1c(Cl)ccc(-c2cc(C(=O)O)cc(N)n2)c1F. The van der Waals surface area contributed by atoms with Gasteiger partial charge in [-0.3, -0.25) is 0 Å². The second-order valence-electron chi connectivity index (χ2n) is 3.91. The van der Waals surface area contributed by atoms with Crippen LogP contribution in [0.5, 0.6) is 5.75 Å². The Morgan fingerprint density at radius 3 is 2.75 bits per heavy atom. The maximum Gasteiger partial charge on any atom is 0.335 e. The minimum Gasteiger partial charge on any atom is -0.492 e. The van der Waals surface area contributed by atoms with Crippen LogP contribution in [0, 0.1) is 5.82 Å². The smallest absolute Gasteiger partial charge is 0.335 e. The Kier molecular flexibility index (Phi) is 3.76. The third-order valence-electron chi connectivity index (χ3n) is 2.62. The number of rotatable bonds is 3. The fraction of sp³-hybridized carbons (Fsp3) is 0.0769. The lowest BCUT2D eigenvalue weighted by atomic mass is 10.1. The van der Waals surface area contributed by atoms with E-state index in [1.807, 2.05) is 0 Å². The lowest BCUT2D eigenvalue weighted by Gasteiger charge is -2.10. The number of carboxylic acids is 1. The van der Waals surface area contributed by atoms with Crippen LogP contribution in [0.2, 0.25) is 5.02 Å². The zero-order valence-electron chi connectivity index (χ0n) is 10.4. The largest absolute Gasteiger partial charge is 0.492 e. The van der Waals surface area contributed by atoms with Crippen LogP contribution in [0.1, 0.15) is 10.4 Å². The molecule has 0 atom stereocenters. The van der Waals surface area contributed by atoms with Gasteiger partial charge in [0.2, 0.25) is 0 Å². The molecular weight excluding hydrogens is 287 g/mol. The van der Waals surface area contributed by atoms with Gasteiger partial charge in [-0.1, -0.05) is 11.6 Å². The van der Waals surface area contributed by atoms with Crippen LogP contribution in [-0.2, 0) is 0 Å². The minimum atomic E-state index is -1.18. The highest BCUT2D eigenvalue weighted by atomic mass is 35.5. The maximum absolute atomic E-state index is 14.2. The van der Waals surface area contributed by atoms with Crippen LogP contribution >= 0.6 is 11.6 Å². The Morgan fingerprint density at radius 2 is 2.15 bits per heavy atom. The van der Waals surface area contributed by atoms with Gasteiger partial charge in [0.25, 0.3) is 0 Å². The third-order valence-corrected chi connectivity index (χ3v) is 2.92. The molecule has 1 aromatic heterocycles. The first kappa shape index (κ1) is 14.1. The summed E-state index contributed by atoms with van der Waals surface area (Å²) in [5.74, 6) is -2.06. The van der Waals surface area contributed by atoms with E-state index in [1.54, 1.807) is 0 Å². The van der Waals surface area contributed by atoms with E-state index in [4.69, 9.17) is 27.2 Å². The molecule has 0 radical (unpaired) electrons. The van der Waals surface area contributed by atoms with Crippen LogP contribution in [-0.4, -0.2) is 23.2 Å². The van der Waals surface area contributed by atoms with Gasteiger partial charge >= 0.3 is 5.97 Å². The monoisotopic (exact) mass is 296 g/mol. The summed E-state index contributed by atoms with van der Waals surface area (Å²) >= 11 is 5.80. The number of aromatic carboxylic acids is 1. The summed E-state index contributed by atoms with van der Waals surface area (Å²) in [6.07, 6.45) is 0. The van der Waals surface area contributed by atoms with Crippen molar-refractivity contribution in [2.24, 2.45) is 0 Å². The molecule has 0 spiro atoms. The van der Waals surface area contributed by atoms with E-state index in [0.717, 1.165) is 0 Å². The number of pyridine rings is 1. The number of carboxylic acid groups (broad SMARTS) is 1. The number of aromatic nitrogens is 1. The van der Waals surface area contributed by atoms with Crippen molar-refractivity contribution >= 4 is 23.4 Å². The van der Waals surface area contributed by atoms with Gasteiger partial charge in [0.1, 0.15) is 5.82 Å². The summed E-state index contributed by atoms with van der Waals surface area (Å²) in [6.45, 7) is 0. The molecule has 5 nitrogen and oxygen atoms in total. The summed E-state index contributed by atoms with van der Waals surface area (Å²) < 4.78 is 19.1. The number of hydrogen-bond acceptors (Lipinski definition) is 4. The van der Waals surface area contributed by atoms with Crippen LogP contribution < -0.4 is 10.5 Å². The Morgan fingerprint density at radius 1 is 1.45 bits per heavy atom. The number of nitrogens with two attached hydrogens (primary N) is 1. The van der Waals surface area contributed by atoms with E-state index in [2.05, 4.69) is 4.98 Å². The normalized spacial score (nSPS) is 10.3. The van der Waals surface area contributed by atoms with Crippen LogP contribution in [0.25, 0.3) is 11.3 Å². The number of nitrogen functional groups attached to an aromatic ring is 1. The zero-order valence-corrected chi connectivity index (χ0v) is 11.1. The van der Waals surface area contributed by atoms with Crippen molar-refractivity contribution in [1.82, 2.24) is 4.98 Å². The van der Waals surface area contributed by atoms with Crippen molar-refractivity contribution in [3.8, 4) is 17.0 Å². The summed E-state index contributed by atoms with van der Waals surface area (Å²) in [6, 6.07) is 5.24. The molecule has 0 bridgehead atoms. The maximum atomic E-state index is 14.2. The number of benzene rings is 1. The summed E-state index contributed by atoms with van der Waals surface area (Å²) in [4.78, 5) is 14.9. The number of hydrogen-bond donors (Lipinski definition) is 2. The molecule has 2 rings (SSSR count). The number of ether oxygens (including phenoxy) is 1. The number of carbonyl (C=O) groups is 1. The second kappa shape index (κ2) is 5.34. The lowest BCUT2D eigenvalue weighted by Crippen LogP contribution is -2.02. The van der Waals surface area contributed by atoms with Gasteiger partial charge in [-0.05, 0) is 24.3 Å². The zero-order chi connectivity index (χ0) is 14.9. The molecule has 2 aromatic rings. The highest BCUT2D eigenvalue weighted by Crippen LogP contribution is 2.34. The topological polar surface area (TPSA) is 85.4 Å². The fourth-order valence-corrected chi connectivity index (χ4v) is 1.95. The number of anilines is 1. The Hall–Kier alpha value is -2.34. The van der Waals surface area contributed by atoms with Gasteiger partial charge in [-0.2, -0.15) is 0 Å². The number of methoxy groups -OCH3 is 1. The first-order valence-electron chi connectivity index (χ1n) is 5.47. The fourth-order valence-electron chi connectivity index (χ4n) is 1.73. The van der Waals surface area contributed by atoms with E-state index in [9.17, 15) is 9.18 Å². The average Bonchev–Trinajstić information content (AvgIpc) is 2.38. The molecule has 0 aliphatic rings. The Labute approximate surface area is 118 Å². The van der Waals surface area contributed by atoms with Crippen LogP contribution in [0.4, 0.5) is 10.2 Å². The molecular formula is C13H10ClFN2O3. The van der Waals surface area contributed by atoms with Gasteiger partial charge in [0, 0.05) is 5.56 Å². The van der Waals surface area contributed by atoms with E-state index in [0.29, 0.717) is 0 Å². The molecule has 20 heavy (non-hydrogen) atoms. The Bertz CT molecular complexity index is 692.